The molecule has 1 saturated heterocycles. The fourth-order valence-corrected chi connectivity index (χ4v) is 2.92. The van der Waals surface area contributed by atoms with Crippen LogP contribution in [-0.4, -0.2) is 40.1 Å². The van der Waals surface area contributed by atoms with E-state index in [9.17, 15) is 9.90 Å². The van der Waals surface area contributed by atoms with Crippen molar-refractivity contribution >= 4 is 16.8 Å². The van der Waals surface area contributed by atoms with Crippen LogP contribution in [-0.2, 0) is 11.2 Å². The standard InChI is InChI=1S/C16H20N2O2/c19-13-4-3-9-18(11-13)16(20)8-7-12-10-17-15-6-2-1-5-14(12)15/h1-2,5-6,10,13,17,19H,3-4,7-9,11H2/t13-/m0/s1. The summed E-state index contributed by atoms with van der Waals surface area (Å²) in [5, 5.41) is 10.8. The molecule has 1 aromatic carbocycles. The van der Waals surface area contributed by atoms with Gasteiger partial charge in [0.25, 0.3) is 0 Å². The number of aromatic nitrogens is 1. The van der Waals surface area contributed by atoms with Crippen LogP contribution < -0.4 is 0 Å². The number of hydrogen-bond donors (Lipinski definition) is 2. The van der Waals surface area contributed by atoms with Gasteiger partial charge < -0.3 is 15.0 Å². The van der Waals surface area contributed by atoms with Gasteiger partial charge >= 0.3 is 0 Å². The highest BCUT2D eigenvalue weighted by molar-refractivity contribution is 5.84. The maximum atomic E-state index is 12.2. The first-order valence-corrected chi connectivity index (χ1v) is 7.25. The van der Waals surface area contributed by atoms with Crippen LogP contribution in [0.2, 0.25) is 0 Å². The summed E-state index contributed by atoms with van der Waals surface area (Å²) in [4.78, 5) is 17.2. The van der Waals surface area contributed by atoms with Gasteiger partial charge in [-0.3, -0.25) is 4.79 Å². The summed E-state index contributed by atoms with van der Waals surface area (Å²) >= 11 is 0. The van der Waals surface area contributed by atoms with Crippen LogP contribution in [0.3, 0.4) is 0 Å². The Kier molecular flexibility index (Phi) is 3.74. The van der Waals surface area contributed by atoms with Gasteiger partial charge in [-0.05, 0) is 30.9 Å². The molecule has 1 atom stereocenters. The highest BCUT2D eigenvalue weighted by atomic mass is 16.3. The molecule has 2 heterocycles. The van der Waals surface area contributed by atoms with Gasteiger partial charge in [0, 0.05) is 36.6 Å². The van der Waals surface area contributed by atoms with Crippen LogP contribution in [0, 0.1) is 0 Å². The number of amides is 1. The third kappa shape index (κ3) is 2.70. The molecule has 1 amide bonds. The summed E-state index contributed by atoms with van der Waals surface area (Å²) in [6, 6.07) is 8.14. The number of nitrogens with zero attached hydrogens (tertiary/aromatic N) is 1. The van der Waals surface area contributed by atoms with Crippen molar-refractivity contribution in [1.29, 1.82) is 0 Å². The van der Waals surface area contributed by atoms with Gasteiger partial charge in [-0.2, -0.15) is 0 Å². The third-order valence-electron chi connectivity index (χ3n) is 4.03. The highest BCUT2D eigenvalue weighted by Crippen LogP contribution is 2.20. The molecule has 0 bridgehead atoms. The monoisotopic (exact) mass is 272 g/mol. The Labute approximate surface area is 118 Å². The largest absolute Gasteiger partial charge is 0.391 e. The smallest absolute Gasteiger partial charge is 0.222 e. The molecule has 3 rings (SSSR count). The van der Waals surface area contributed by atoms with Crippen LogP contribution in [0.5, 0.6) is 0 Å². The number of para-hydroxylation sites is 1. The number of H-pyrrole nitrogens is 1. The van der Waals surface area contributed by atoms with Crippen LogP contribution in [0.4, 0.5) is 0 Å². The number of piperidine rings is 1. The fourth-order valence-electron chi connectivity index (χ4n) is 2.92. The first-order chi connectivity index (χ1) is 9.74. The number of aliphatic hydroxyl groups excluding tert-OH is 1. The summed E-state index contributed by atoms with van der Waals surface area (Å²) in [6.07, 6.45) is 4.61. The number of aromatic amines is 1. The molecule has 0 saturated carbocycles. The Morgan fingerprint density at radius 3 is 3.10 bits per heavy atom. The van der Waals surface area contributed by atoms with Crippen LogP contribution >= 0.6 is 0 Å². The minimum Gasteiger partial charge on any atom is -0.391 e. The Morgan fingerprint density at radius 2 is 2.25 bits per heavy atom. The SMILES string of the molecule is O=C(CCc1c[nH]c2ccccc12)N1CCC[C@H](O)C1. The number of carbonyl (C=O) groups is 1. The lowest BCUT2D eigenvalue weighted by Gasteiger charge is -2.30. The molecule has 2 N–H and O–H groups in total. The number of rotatable bonds is 3. The zero-order valence-electron chi connectivity index (χ0n) is 11.5. The Balaban J connectivity index is 1.63. The second-order valence-corrected chi connectivity index (χ2v) is 5.50. The molecule has 20 heavy (non-hydrogen) atoms. The molecule has 1 fully saturated rings. The van der Waals surface area contributed by atoms with E-state index in [1.165, 1.54) is 10.9 Å². The van der Waals surface area contributed by atoms with Crippen molar-refractivity contribution in [2.24, 2.45) is 0 Å². The van der Waals surface area contributed by atoms with E-state index in [0.717, 1.165) is 31.3 Å². The first kappa shape index (κ1) is 13.2. The van der Waals surface area contributed by atoms with E-state index in [1.54, 1.807) is 4.90 Å². The lowest BCUT2D eigenvalue weighted by Crippen LogP contribution is -2.42. The van der Waals surface area contributed by atoms with E-state index < -0.39 is 0 Å². The van der Waals surface area contributed by atoms with Crippen LogP contribution in [0.25, 0.3) is 10.9 Å². The molecular weight excluding hydrogens is 252 g/mol. The number of β-amino-alcohol motifs (C(OH)–C–C–N with tert-alkyl or cyclic N) is 1. The predicted octanol–water partition coefficient (Wildman–Crippen LogP) is 2.08. The average Bonchev–Trinajstić information content (AvgIpc) is 2.88. The summed E-state index contributed by atoms with van der Waals surface area (Å²) in [6.45, 7) is 1.27. The van der Waals surface area contributed by atoms with Gasteiger partial charge in [-0.25, -0.2) is 0 Å². The zero-order chi connectivity index (χ0) is 13.9. The third-order valence-corrected chi connectivity index (χ3v) is 4.03. The number of fused-ring (bicyclic) bond motifs is 1. The van der Waals surface area contributed by atoms with E-state index in [-0.39, 0.29) is 12.0 Å². The molecule has 0 spiro atoms. The summed E-state index contributed by atoms with van der Waals surface area (Å²) < 4.78 is 0. The molecule has 0 aliphatic carbocycles. The molecule has 0 radical (unpaired) electrons. The maximum Gasteiger partial charge on any atom is 0.222 e. The van der Waals surface area contributed by atoms with Gasteiger partial charge in [0.2, 0.25) is 5.91 Å². The van der Waals surface area contributed by atoms with Crippen LogP contribution in [0.1, 0.15) is 24.8 Å². The van der Waals surface area contributed by atoms with Crippen molar-refractivity contribution in [3.05, 3.63) is 36.0 Å². The summed E-state index contributed by atoms with van der Waals surface area (Å²) in [5.74, 6) is 0.147. The maximum absolute atomic E-state index is 12.2. The lowest BCUT2D eigenvalue weighted by molar-refractivity contribution is -0.134. The zero-order valence-corrected chi connectivity index (χ0v) is 11.5. The van der Waals surface area contributed by atoms with E-state index in [2.05, 4.69) is 11.1 Å². The second kappa shape index (κ2) is 5.67. The van der Waals surface area contributed by atoms with Gasteiger partial charge in [-0.1, -0.05) is 18.2 Å². The van der Waals surface area contributed by atoms with Crippen molar-refractivity contribution in [2.75, 3.05) is 13.1 Å². The highest BCUT2D eigenvalue weighted by Gasteiger charge is 2.21. The molecular formula is C16H20N2O2. The average molecular weight is 272 g/mol. The Morgan fingerprint density at radius 1 is 1.40 bits per heavy atom. The second-order valence-electron chi connectivity index (χ2n) is 5.50. The molecule has 0 unspecified atom stereocenters. The molecule has 4 heteroatoms. The van der Waals surface area contributed by atoms with Crippen molar-refractivity contribution < 1.29 is 9.90 Å². The number of aliphatic hydroxyl groups is 1. The van der Waals surface area contributed by atoms with Crippen molar-refractivity contribution in [3.8, 4) is 0 Å². The molecule has 106 valence electrons. The fraction of sp³-hybridized carbons (Fsp3) is 0.438. The van der Waals surface area contributed by atoms with Crippen molar-refractivity contribution in [1.82, 2.24) is 9.88 Å². The number of benzene rings is 1. The van der Waals surface area contributed by atoms with Gasteiger partial charge in [0.05, 0.1) is 6.10 Å². The molecule has 2 aromatic rings. The van der Waals surface area contributed by atoms with E-state index in [0.29, 0.717) is 13.0 Å². The normalized spacial score (nSPS) is 19.4. The quantitative estimate of drug-likeness (QED) is 0.899. The Bertz CT molecular complexity index is 605. The summed E-state index contributed by atoms with van der Waals surface area (Å²) in [7, 11) is 0. The van der Waals surface area contributed by atoms with Crippen molar-refractivity contribution in [2.45, 2.75) is 31.8 Å². The number of aryl methyl sites for hydroxylation is 1. The summed E-state index contributed by atoms with van der Waals surface area (Å²) in [5.41, 5.74) is 2.30. The minimum absolute atomic E-state index is 0.147. The topological polar surface area (TPSA) is 56.3 Å². The van der Waals surface area contributed by atoms with Gasteiger partial charge in [-0.15, -0.1) is 0 Å². The first-order valence-electron chi connectivity index (χ1n) is 7.25. The van der Waals surface area contributed by atoms with E-state index >= 15 is 0 Å². The molecule has 1 aliphatic heterocycles. The number of nitrogens with one attached hydrogen (secondary N) is 1. The van der Waals surface area contributed by atoms with Crippen LogP contribution in [0.15, 0.2) is 30.5 Å². The number of hydrogen-bond acceptors (Lipinski definition) is 2. The van der Waals surface area contributed by atoms with Gasteiger partial charge in [0.15, 0.2) is 0 Å². The Hall–Kier alpha value is -1.81. The van der Waals surface area contributed by atoms with E-state index in [4.69, 9.17) is 0 Å². The minimum atomic E-state index is -0.346. The predicted molar refractivity (Wildman–Crippen MR) is 78.4 cm³/mol. The molecule has 1 aromatic heterocycles. The van der Waals surface area contributed by atoms with E-state index in [1.807, 2.05) is 24.4 Å². The molecule has 4 nitrogen and oxygen atoms in total. The molecule has 1 aliphatic rings. The van der Waals surface area contributed by atoms with Gasteiger partial charge in [0.1, 0.15) is 0 Å². The lowest BCUT2D eigenvalue weighted by atomic mass is 10.1. The number of likely N-dealkylation sites (tertiary alicyclic amines) is 1. The van der Waals surface area contributed by atoms with Crippen molar-refractivity contribution in [3.63, 3.8) is 0 Å². The number of carbonyl (C=O) groups excluding carboxylic acids is 1.